The predicted molar refractivity (Wildman–Crippen MR) is 79.3 cm³/mol. The van der Waals surface area contributed by atoms with Crippen molar-refractivity contribution < 1.29 is 9.90 Å². The van der Waals surface area contributed by atoms with E-state index < -0.39 is 11.5 Å². The van der Waals surface area contributed by atoms with Crippen LogP contribution in [-0.2, 0) is 16.6 Å². The van der Waals surface area contributed by atoms with E-state index in [4.69, 9.17) is 0 Å². The molecule has 0 fully saturated rings. The van der Waals surface area contributed by atoms with Gasteiger partial charge in [-0.2, -0.15) is 0 Å². The van der Waals surface area contributed by atoms with Crippen molar-refractivity contribution in [1.29, 1.82) is 0 Å². The molecule has 0 amide bonds. The number of Topliss-reactive ketones (excluding diaryl/α,β-unsaturated/α-hetero) is 1. The molecule has 0 radical (unpaired) electrons. The van der Waals surface area contributed by atoms with Gasteiger partial charge in [-0.25, -0.2) is 0 Å². The molecular formula is C17H26O2. The largest absolute Gasteiger partial charge is 0.385 e. The van der Waals surface area contributed by atoms with Gasteiger partial charge in [0.25, 0.3) is 0 Å². The average molecular weight is 262 g/mol. The molecule has 0 aromatic heterocycles. The first-order valence-corrected chi connectivity index (χ1v) is 6.82. The predicted octanol–water partition coefficient (Wildman–Crippen LogP) is 3.50. The molecule has 0 spiro atoms. The van der Waals surface area contributed by atoms with E-state index in [2.05, 4.69) is 32.9 Å². The number of aliphatic hydroxyl groups excluding tert-OH is 1. The van der Waals surface area contributed by atoms with Crippen molar-refractivity contribution in [3.05, 3.63) is 35.4 Å². The van der Waals surface area contributed by atoms with Crippen molar-refractivity contribution in [2.24, 2.45) is 5.41 Å². The maximum atomic E-state index is 12.0. The summed E-state index contributed by atoms with van der Waals surface area (Å²) in [7, 11) is 0. The molecule has 0 bridgehead atoms. The lowest BCUT2D eigenvalue weighted by atomic mass is 9.84. The van der Waals surface area contributed by atoms with Crippen molar-refractivity contribution in [1.82, 2.24) is 0 Å². The number of aliphatic hydroxyl groups is 1. The maximum absolute atomic E-state index is 12.0. The highest BCUT2D eigenvalue weighted by Crippen LogP contribution is 2.24. The summed E-state index contributed by atoms with van der Waals surface area (Å²) in [6.07, 6.45) is -0.613. The van der Waals surface area contributed by atoms with Crippen LogP contribution < -0.4 is 0 Å². The minimum absolute atomic E-state index is 0.115. The highest BCUT2D eigenvalue weighted by molar-refractivity contribution is 5.85. The van der Waals surface area contributed by atoms with E-state index in [1.165, 1.54) is 5.56 Å². The van der Waals surface area contributed by atoms with Crippen molar-refractivity contribution in [2.45, 2.75) is 59.5 Å². The van der Waals surface area contributed by atoms with Crippen molar-refractivity contribution in [3.63, 3.8) is 0 Å². The number of rotatable bonds is 3. The summed E-state index contributed by atoms with van der Waals surface area (Å²) >= 11 is 0. The number of carbonyl (C=O) groups excluding carboxylic acids is 1. The molecule has 0 heterocycles. The van der Waals surface area contributed by atoms with Gasteiger partial charge in [-0.05, 0) is 22.0 Å². The van der Waals surface area contributed by atoms with Crippen LogP contribution in [0.4, 0.5) is 0 Å². The van der Waals surface area contributed by atoms with E-state index in [-0.39, 0.29) is 11.2 Å². The van der Waals surface area contributed by atoms with Crippen molar-refractivity contribution >= 4 is 5.78 Å². The number of benzene rings is 1. The zero-order chi connectivity index (χ0) is 14.8. The van der Waals surface area contributed by atoms with Crippen LogP contribution >= 0.6 is 0 Å². The van der Waals surface area contributed by atoms with Gasteiger partial charge in [-0.1, -0.05) is 65.8 Å². The molecule has 2 nitrogen and oxygen atoms in total. The summed E-state index contributed by atoms with van der Waals surface area (Å²) < 4.78 is 0. The molecule has 1 aromatic rings. The van der Waals surface area contributed by atoms with Crippen LogP contribution in [0, 0.1) is 5.41 Å². The highest BCUT2D eigenvalue weighted by Gasteiger charge is 2.28. The zero-order valence-electron chi connectivity index (χ0n) is 12.9. The van der Waals surface area contributed by atoms with Gasteiger partial charge in [-0.15, -0.1) is 0 Å². The van der Waals surface area contributed by atoms with Crippen LogP contribution in [0.15, 0.2) is 24.3 Å². The Kier molecular flexibility index (Phi) is 4.57. The molecule has 1 atom stereocenters. The van der Waals surface area contributed by atoms with Gasteiger partial charge in [0.05, 0.1) is 0 Å². The van der Waals surface area contributed by atoms with Crippen LogP contribution in [0.1, 0.15) is 52.7 Å². The summed E-state index contributed by atoms with van der Waals surface area (Å²) in [6.45, 7) is 12.1. The van der Waals surface area contributed by atoms with Gasteiger partial charge in [0.2, 0.25) is 0 Å². The Morgan fingerprint density at radius 1 is 1.05 bits per heavy atom. The van der Waals surface area contributed by atoms with Gasteiger partial charge >= 0.3 is 0 Å². The van der Waals surface area contributed by atoms with Gasteiger partial charge in [0.15, 0.2) is 5.78 Å². The Morgan fingerprint density at radius 3 is 1.89 bits per heavy atom. The second-order valence-electron chi connectivity index (χ2n) is 7.36. The number of ketones is 1. The summed E-state index contributed by atoms with van der Waals surface area (Å²) in [6, 6.07) is 8.08. The minimum Gasteiger partial charge on any atom is -0.385 e. The first-order chi connectivity index (χ1) is 8.51. The van der Waals surface area contributed by atoms with Crippen molar-refractivity contribution in [3.8, 4) is 0 Å². The van der Waals surface area contributed by atoms with E-state index in [0.29, 0.717) is 6.42 Å². The Bertz CT molecular complexity index is 430. The fourth-order valence-electron chi connectivity index (χ4n) is 1.90. The van der Waals surface area contributed by atoms with Gasteiger partial charge in [0.1, 0.15) is 6.10 Å². The fraction of sp³-hybridized carbons (Fsp3) is 0.588. The average Bonchev–Trinajstić information content (AvgIpc) is 2.26. The minimum atomic E-state index is -0.908. The Morgan fingerprint density at radius 2 is 1.53 bits per heavy atom. The van der Waals surface area contributed by atoms with E-state index in [9.17, 15) is 9.90 Å². The monoisotopic (exact) mass is 262 g/mol. The summed E-state index contributed by atoms with van der Waals surface area (Å²) in [5.41, 5.74) is 1.93. The topological polar surface area (TPSA) is 37.3 Å². The molecule has 0 aliphatic rings. The van der Waals surface area contributed by atoms with Crippen molar-refractivity contribution in [2.75, 3.05) is 0 Å². The number of hydrogen-bond acceptors (Lipinski definition) is 2. The zero-order valence-corrected chi connectivity index (χ0v) is 12.9. The quantitative estimate of drug-likeness (QED) is 0.905. The summed E-state index contributed by atoms with van der Waals surface area (Å²) in [5.74, 6) is -0.115. The molecule has 106 valence electrons. The molecule has 0 aliphatic heterocycles. The number of carbonyl (C=O) groups is 1. The molecule has 0 saturated heterocycles. The highest BCUT2D eigenvalue weighted by atomic mass is 16.3. The lowest BCUT2D eigenvalue weighted by molar-refractivity contribution is -0.131. The third-order valence-corrected chi connectivity index (χ3v) is 3.32. The molecule has 1 rings (SSSR count). The van der Waals surface area contributed by atoms with Crippen LogP contribution in [-0.4, -0.2) is 17.0 Å². The summed E-state index contributed by atoms with van der Waals surface area (Å²) in [5, 5.41) is 9.95. The smallest absolute Gasteiger partial charge is 0.166 e. The van der Waals surface area contributed by atoms with E-state index in [1.54, 1.807) is 0 Å². The second-order valence-corrected chi connectivity index (χ2v) is 7.36. The lowest BCUT2D eigenvalue weighted by Crippen LogP contribution is -2.35. The molecule has 1 unspecified atom stereocenters. The van der Waals surface area contributed by atoms with Crippen LogP contribution in [0.2, 0.25) is 0 Å². The second kappa shape index (κ2) is 5.46. The fourth-order valence-corrected chi connectivity index (χ4v) is 1.90. The first kappa shape index (κ1) is 15.9. The normalized spacial score (nSPS) is 14.3. The molecule has 2 heteroatoms. The Labute approximate surface area is 116 Å². The van der Waals surface area contributed by atoms with E-state index in [1.807, 2.05) is 32.9 Å². The Balaban J connectivity index is 2.77. The van der Waals surface area contributed by atoms with Crippen LogP contribution in [0.3, 0.4) is 0 Å². The van der Waals surface area contributed by atoms with Crippen LogP contribution in [0.25, 0.3) is 0 Å². The lowest BCUT2D eigenvalue weighted by Gasteiger charge is -2.24. The number of hydrogen-bond donors (Lipinski definition) is 1. The molecule has 0 aliphatic carbocycles. The van der Waals surface area contributed by atoms with E-state index >= 15 is 0 Å². The third kappa shape index (κ3) is 4.46. The molecule has 19 heavy (non-hydrogen) atoms. The molecule has 1 N–H and O–H groups in total. The first-order valence-electron chi connectivity index (χ1n) is 6.82. The molecule has 0 saturated carbocycles. The van der Waals surface area contributed by atoms with E-state index in [0.717, 1.165) is 5.56 Å². The standard InChI is InChI=1S/C17H26O2/c1-16(2,3)13-9-7-12(8-10-13)11-14(18)15(19)17(4,5)6/h7-10,15,19H,11H2,1-6H3. The molecular weight excluding hydrogens is 236 g/mol. The van der Waals surface area contributed by atoms with Gasteiger partial charge in [-0.3, -0.25) is 4.79 Å². The maximum Gasteiger partial charge on any atom is 0.166 e. The SMILES string of the molecule is CC(C)(C)c1ccc(CC(=O)C(O)C(C)(C)C)cc1. The van der Waals surface area contributed by atoms with Gasteiger partial charge < -0.3 is 5.11 Å². The Hall–Kier alpha value is -1.15. The summed E-state index contributed by atoms with van der Waals surface area (Å²) in [4.78, 5) is 12.0. The van der Waals surface area contributed by atoms with Crippen LogP contribution in [0.5, 0.6) is 0 Å². The molecule has 1 aromatic carbocycles. The third-order valence-electron chi connectivity index (χ3n) is 3.32. The van der Waals surface area contributed by atoms with Gasteiger partial charge in [0, 0.05) is 6.42 Å².